The Balaban J connectivity index is 1.51. The lowest BCUT2D eigenvalue weighted by molar-refractivity contribution is 0.527. The van der Waals surface area contributed by atoms with Gasteiger partial charge in [0.05, 0.1) is 16.7 Å². The third-order valence-corrected chi connectivity index (χ3v) is 5.86. The number of fused-ring (bicyclic) bond motifs is 1. The molecule has 0 spiro atoms. The van der Waals surface area contributed by atoms with Crippen LogP contribution in [-0.2, 0) is 30.2 Å². The molecule has 8 nitrogen and oxygen atoms in total. The fraction of sp³-hybridized carbons (Fsp3) is 0.158. The van der Waals surface area contributed by atoms with Gasteiger partial charge in [-0.2, -0.15) is 0 Å². The van der Waals surface area contributed by atoms with Crippen molar-refractivity contribution in [3.8, 4) is 0 Å². The second kappa shape index (κ2) is 7.10. The number of nitrogens with zero attached hydrogens (tertiary/aromatic N) is 3. The first kappa shape index (κ1) is 18.2. The maximum Gasteiger partial charge on any atom is 0.419 e. The van der Waals surface area contributed by atoms with E-state index in [1.807, 2.05) is 35.0 Å². The predicted molar refractivity (Wildman–Crippen MR) is 103 cm³/mol. The van der Waals surface area contributed by atoms with Crippen LogP contribution in [0.15, 0.2) is 75.3 Å². The summed E-state index contributed by atoms with van der Waals surface area (Å²) < 4.78 is 36.2. The van der Waals surface area contributed by atoms with E-state index >= 15 is 0 Å². The van der Waals surface area contributed by atoms with Crippen LogP contribution in [0.3, 0.4) is 0 Å². The van der Waals surface area contributed by atoms with Crippen LogP contribution in [0, 0.1) is 0 Å². The molecule has 0 aliphatic rings. The highest BCUT2D eigenvalue weighted by Crippen LogP contribution is 2.18. The van der Waals surface area contributed by atoms with Gasteiger partial charge in [0.25, 0.3) is 0 Å². The zero-order valence-electron chi connectivity index (χ0n) is 15.1. The number of rotatable bonds is 6. The summed E-state index contributed by atoms with van der Waals surface area (Å²) in [4.78, 5) is 15.6. The Hall–Kier alpha value is -3.17. The van der Waals surface area contributed by atoms with Crippen molar-refractivity contribution in [3.05, 3.63) is 82.9 Å². The summed E-state index contributed by atoms with van der Waals surface area (Å²) in [5.41, 5.74) is 2.66. The van der Waals surface area contributed by atoms with E-state index in [1.54, 1.807) is 25.6 Å². The molecule has 4 aromatic rings. The van der Waals surface area contributed by atoms with Gasteiger partial charge in [0, 0.05) is 38.6 Å². The Bertz CT molecular complexity index is 1290. The minimum Gasteiger partial charge on any atom is -0.408 e. The highest BCUT2D eigenvalue weighted by molar-refractivity contribution is 7.89. The van der Waals surface area contributed by atoms with Crippen molar-refractivity contribution in [1.29, 1.82) is 0 Å². The largest absolute Gasteiger partial charge is 0.419 e. The Labute approximate surface area is 161 Å². The van der Waals surface area contributed by atoms with Gasteiger partial charge in [0.1, 0.15) is 0 Å². The number of aromatic nitrogens is 3. The molecule has 0 unspecified atom stereocenters. The predicted octanol–water partition coefficient (Wildman–Crippen LogP) is 1.85. The molecule has 0 aliphatic carbocycles. The zero-order chi connectivity index (χ0) is 19.7. The quantitative estimate of drug-likeness (QED) is 0.534. The van der Waals surface area contributed by atoms with Gasteiger partial charge in [-0.1, -0.05) is 24.3 Å². The molecule has 1 N–H and O–H groups in total. The Morgan fingerprint density at radius 1 is 1.14 bits per heavy atom. The molecule has 2 aromatic heterocycles. The summed E-state index contributed by atoms with van der Waals surface area (Å²) in [6.45, 7) is 0.807. The lowest BCUT2D eigenvalue weighted by Crippen LogP contribution is -2.23. The summed E-state index contributed by atoms with van der Waals surface area (Å²) in [6.07, 6.45) is 5.31. The highest BCUT2D eigenvalue weighted by atomic mass is 32.2. The summed E-state index contributed by atoms with van der Waals surface area (Å²) in [6, 6.07) is 12.0. The smallest absolute Gasteiger partial charge is 0.408 e. The van der Waals surface area contributed by atoms with E-state index in [4.69, 9.17) is 4.42 Å². The van der Waals surface area contributed by atoms with Gasteiger partial charge in [-0.05, 0) is 23.3 Å². The number of aryl methyl sites for hydroxylation is 1. The topological polar surface area (TPSA) is 99.1 Å². The number of hydrogen-bond acceptors (Lipinski definition) is 5. The number of imidazole rings is 1. The molecule has 144 valence electrons. The molecule has 9 heteroatoms. The summed E-state index contributed by atoms with van der Waals surface area (Å²) in [7, 11) is -2.19. The Morgan fingerprint density at radius 2 is 1.96 bits per heavy atom. The molecule has 2 aromatic carbocycles. The third-order valence-electron chi connectivity index (χ3n) is 4.46. The number of benzene rings is 2. The van der Waals surface area contributed by atoms with Gasteiger partial charge < -0.3 is 8.98 Å². The van der Waals surface area contributed by atoms with Crippen LogP contribution in [0.5, 0.6) is 0 Å². The highest BCUT2D eigenvalue weighted by Gasteiger charge is 2.16. The first-order valence-corrected chi connectivity index (χ1v) is 10.0. The van der Waals surface area contributed by atoms with Gasteiger partial charge in [0.15, 0.2) is 5.58 Å². The molecule has 0 amide bonds. The average molecular weight is 398 g/mol. The van der Waals surface area contributed by atoms with Crippen LogP contribution in [-0.4, -0.2) is 22.5 Å². The van der Waals surface area contributed by atoms with Crippen molar-refractivity contribution in [2.45, 2.75) is 18.0 Å². The second-order valence-corrected chi connectivity index (χ2v) is 8.20. The van der Waals surface area contributed by atoms with Crippen molar-refractivity contribution in [3.63, 3.8) is 0 Å². The van der Waals surface area contributed by atoms with E-state index in [0.717, 1.165) is 11.1 Å². The van der Waals surface area contributed by atoms with E-state index in [-0.39, 0.29) is 17.0 Å². The molecular formula is C19H18N4O4S. The lowest BCUT2D eigenvalue weighted by atomic mass is 10.1. The monoisotopic (exact) mass is 398 g/mol. The van der Waals surface area contributed by atoms with E-state index in [9.17, 15) is 13.2 Å². The van der Waals surface area contributed by atoms with Crippen molar-refractivity contribution in [2.24, 2.45) is 7.05 Å². The Morgan fingerprint density at radius 3 is 2.75 bits per heavy atom. The number of nitrogens with one attached hydrogen (secondary N) is 1. The lowest BCUT2D eigenvalue weighted by Gasteiger charge is -2.09. The SMILES string of the molecule is Cn1c(=O)oc2cc(S(=O)(=O)NCc3cccc(Cn4ccnc4)c3)ccc21. The number of oxazole rings is 1. The van der Waals surface area contributed by atoms with E-state index in [2.05, 4.69) is 9.71 Å². The minimum atomic E-state index is -3.75. The molecule has 0 fully saturated rings. The zero-order valence-corrected chi connectivity index (χ0v) is 15.9. The van der Waals surface area contributed by atoms with Crippen molar-refractivity contribution >= 4 is 21.1 Å². The second-order valence-electron chi connectivity index (χ2n) is 6.44. The van der Waals surface area contributed by atoms with Crippen LogP contribution in [0.2, 0.25) is 0 Å². The third kappa shape index (κ3) is 3.62. The van der Waals surface area contributed by atoms with Crippen LogP contribution in [0.1, 0.15) is 11.1 Å². The van der Waals surface area contributed by atoms with Gasteiger partial charge in [-0.3, -0.25) is 4.57 Å². The van der Waals surface area contributed by atoms with Crippen LogP contribution >= 0.6 is 0 Å². The molecule has 0 bridgehead atoms. The van der Waals surface area contributed by atoms with Crippen molar-refractivity contribution in [2.75, 3.05) is 0 Å². The standard InChI is InChI=1S/C19H18N4O4S/c1-22-17-6-5-16(10-18(17)27-19(22)24)28(25,26)21-11-14-3-2-4-15(9-14)12-23-8-7-20-13-23/h2-10,13,21H,11-12H2,1H3. The van der Waals surface area contributed by atoms with Crippen molar-refractivity contribution in [1.82, 2.24) is 18.8 Å². The summed E-state index contributed by atoms with van der Waals surface area (Å²) in [5, 5.41) is 0. The first-order chi connectivity index (χ1) is 13.4. The van der Waals surface area contributed by atoms with Crippen LogP contribution < -0.4 is 10.5 Å². The minimum absolute atomic E-state index is 0.0453. The normalized spacial score (nSPS) is 11.9. The summed E-state index contributed by atoms with van der Waals surface area (Å²) in [5.74, 6) is -0.535. The molecule has 0 radical (unpaired) electrons. The summed E-state index contributed by atoms with van der Waals surface area (Å²) >= 11 is 0. The molecule has 0 saturated carbocycles. The molecule has 2 heterocycles. The Kier molecular flexibility index (Phi) is 4.62. The van der Waals surface area contributed by atoms with Crippen molar-refractivity contribution < 1.29 is 12.8 Å². The fourth-order valence-corrected chi connectivity index (χ4v) is 4.00. The van der Waals surface area contributed by atoms with E-state index in [0.29, 0.717) is 12.1 Å². The van der Waals surface area contributed by atoms with Gasteiger partial charge in [-0.15, -0.1) is 0 Å². The molecular weight excluding hydrogens is 380 g/mol. The van der Waals surface area contributed by atoms with Gasteiger partial charge in [-0.25, -0.2) is 22.9 Å². The molecule has 0 atom stereocenters. The number of sulfonamides is 1. The maximum absolute atomic E-state index is 12.6. The van der Waals surface area contributed by atoms with Gasteiger partial charge in [0.2, 0.25) is 10.0 Å². The first-order valence-electron chi connectivity index (χ1n) is 8.55. The molecule has 0 aliphatic heterocycles. The van der Waals surface area contributed by atoms with Crippen LogP contribution in [0.25, 0.3) is 11.1 Å². The molecule has 28 heavy (non-hydrogen) atoms. The van der Waals surface area contributed by atoms with Gasteiger partial charge >= 0.3 is 5.76 Å². The fourth-order valence-electron chi connectivity index (χ4n) is 2.97. The van der Waals surface area contributed by atoms with E-state index in [1.165, 1.54) is 16.7 Å². The molecule has 4 rings (SSSR count). The average Bonchev–Trinajstić information content (AvgIpc) is 3.28. The van der Waals surface area contributed by atoms with Crippen LogP contribution in [0.4, 0.5) is 0 Å². The number of hydrogen-bond donors (Lipinski definition) is 1. The van der Waals surface area contributed by atoms with E-state index < -0.39 is 15.8 Å². The molecule has 0 saturated heterocycles. The maximum atomic E-state index is 12.6.